The van der Waals surface area contributed by atoms with E-state index in [1.165, 1.54) is 12.8 Å². The average molecular weight is 302 g/mol. The van der Waals surface area contributed by atoms with Crippen molar-refractivity contribution in [2.24, 2.45) is 7.05 Å². The molecular weight excluding hydrogens is 280 g/mol. The van der Waals surface area contributed by atoms with E-state index in [2.05, 4.69) is 31.2 Å². The summed E-state index contributed by atoms with van der Waals surface area (Å²) >= 11 is 0. The summed E-state index contributed by atoms with van der Waals surface area (Å²) in [5.74, 6) is 2.75. The van der Waals surface area contributed by atoms with Crippen molar-refractivity contribution in [2.45, 2.75) is 31.8 Å². The summed E-state index contributed by atoms with van der Waals surface area (Å²) in [6.07, 6.45) is 4.28. The van der Waals surface area contributed by atoms with Gasteiger partial charge in [0.1, 0.15) is 17.9 Å². The summed E-state index contributed by atoms with van der Waals surface area (Å²) in [6.45, 7) is 6.00. The highest BCUT2D eigenvalue weighted by Crippen LogP contribution is 2.40. The molecule has 0 aromatic carbocycles. The zero-order valence-electron chi connectivity index (χ0n) is 13.0. The van der Waals surface area contributed by atoms with Crippen LogP contribution in [-0.4, -0.2) is 55.9 Å². The normalized spacial score (nSPS) is 20.6. The fraction of sp³-hybridized carbons (Fsp3) is 0.667. The van der Waals surface area contributed by atoms with Gasteiger partial charge >= 0.3 is 0 Å². The second kappa shape index (κ2) is 5.81. The van der Waals surface area contributed by atoms with Crippen molar-refractivity contribution in [3.8, 4) is 0 Å². The largest absolute Gasteiger partial charge is 0.361 e. The van der Waals surface area contributed by atoms with Crippen LogP contribution in [0.15, 0.2) is 16.9 Å². The molecule has 1 saturated heterocycles. The molecule has 2 aliphatic rings. The van der Waals surface area contributed by atoms with E-state index >= 15 is 0 Å². The quantitative estimate of drug-likeness (QED) is 0.821. The maximum Gasteiger partial charge on any atom is 0.146 e. The van der Waals surface area contributed by atoms with Crippen molar-refractivity contribution in [1.82, 2.24) is 29.7 Å². The van der Waals surface area contributed by atoms with Crippen molar-refractivity contribution in [2.75, 3.05) is 26.2 Å². The van der Waals surface area contributed by atoms with Gasteiger partial charge in [0.25, 0.3) is 0 Å². The lowest BCUT2D eigenvalue weighted by molar-refractivity contribution is 0.117. The second-order valence-corrected chi connectivity index (χ2v) is 6.41. The molecule has 0 spiro atoms. The molecule has 1 aliphatic heterocycles. The highest BCUT2D eigenvalue weighted by Gasteiger charge is 2.28. The minimum Gasteiger partial charge on any atom is -0.361 e. The Balaban J connectivity index is 1.27. The predicted molar refractivity (Wildman–Crippen MR) is 80.0 cm³/mol. The van der Waals surface area contributed by atoms with Crippen LogP contribution >= 0.6 is 0 Å². The molecule has 0 atom stereocenters. The zero-order chi connectivity index (χ0) is 14.9. The van der Waals surface area contributed by atoms with Crippen LogP contribution in [0.4, 0.5) is 0 Å². The standard InChI is InChI=1S/C15H22N6O/c1-19-11-16-17-15(19)10-21-6-4-20(5-7-21)9-13-8-14(22-18-13)12-2-3-12/h8,11-12H,2-7,9-10H2,1H3. The number of rotatable bonds is 5. The molecule has 1 aliphatic carbocycles. The number of aromatic nitrogens is 4. The van der Waals surface area contributed by atoms with Gasteiger partial charge in [-0.05, 0) is 12.8 Å². The maximum atomic E-state index is 5.43. The first kappa shape index (κ1) is 13.9. The molecule has 0 bridgehead atoms. The monoisotopic (exact) mass is 302 g/mol. The first-order chi connectivity index (χ1) is 10.8. The Bertz CT molecular complexity index is 624. The molecule has 118 valence electrons. The van der Waals surface area contributed by atoms with Gasteiger partial charge in [-0.25, -0.2) is 0 Å². The van der Waals surface area contributed by atoms with Crippen LogP contribution in [0, 0.1) is 0 Å². The molecule has 0 radical (unpaired) electrons. The fourth-order valence-electron chi connectivity index (χ4n) is 2.95. The number of hydrogen-bond donors (Lipinski definition) is 0. The van der Waals surface area contributed by atoms with Gasteiger partial charge in [-0.2, -0.15) is 0 Å². The lowest BCUT2D eigenvalue weighted by Gasteiger charge is -2.33. The smallest absolute Gasteiger partial charge is 0.146 e. The molecule has 1 saturated carbocycles. The van der Waals surface area contributed by atoms with Gasteiger partial charge < -0.3 is 9.09 Å². The average Bonchev–Trinajstić information content (AvgIpc) is 3.15. The predicted octanol–water partition coefficient (Wildman–Crippen LogP) is 0.998. The summed E-state index contributed by atoms with van der Waals surface area (Å²) in [4.78, 5) is 4.88. The Morgan fingerprint density at radius 2 is 1.86 bits per heavy atom. The molecule has 2 fully saturated rings. The van der Waals surface area contributed by atoms with Crippen molar-refractivity contribution >= 4 is 0 Å². The van der Waals surface area contributed by atoms with Crippen LogP contribution in [0.1, 0.15) is 36.0 Å². The van der Waals surface area contributed by atoms with Crippen LogP contribution in [-0.2, 0) is 20.1 Å². The van der Waals surface area contributed by atoms with Gasteiger partial charge in [-0.3, -0.25) is 9.80 Å². The third kappa shape index (κ3) is 3.05. The molecule has 4 rings (SSSR count). The highest BCUT2D eigenvalue weighted by molar-refractivity contribution is 5.14. The Kier molecular flexibility index (Phi) is 3.67. The minimum atomic E-state index is 0.643. The van der Waals surface area contributed by atoms with E-state index in [-0.39, 0.29) is 0 Å². The molecule has 0 N–H and O–H groups in total. The van der Waals surface area contributed by atoms with E-state index in [1.807, 2.05) is 11.6 Å². The molecule has 7 heteroatoms. The lowest BCUT2D eigenvalue weighted by atomic mass is 10.2. The van der Waals surface area contributed by atoms with Gasteiger partial charge in [0.15, 0.2) is 0 Å². The van der Waals surface area contributed by atoms with E-state index in [0.717, 1.165) is 56.5 Å². The molecule has 7 nitrogen and oxygen atoms in total. The van der Waals surface area contributed by atoms with Crippen molar-refractivity contribution in [3.05, 3.63) is 29.7 Å². The molecule has 22 heavy (non-hydrogen) atoms. The summed E-state index contributed by atoms with van der Waals surface area (Å²) in [5.41, 5.74) is 1.07. The molecular formula is C15H22N6O. The molecule has 3 heterocycles. The van der Waals surface area contributed by atoms with Crippen LogP contribution < -0.4 is 0 Å². The second-order valence-electron chi connectivity index (χ2n) is 6.41. The van der Waals surface area contributed by atoms with Crippen molar-refractivity contribution in [1.29, 1.82) is 0 Å². The third-order valence-corrected chi connectivity index (χ3v) is 4.58. The Labute approximate surface area is 129 Å². The molecule has 0 unspecified atom stereocenters. The van der Waals surface area contributed by atoms with Gasteiger partial charge in [0.05, 0.1) is 12.2 Å². The maximum absolute atomic E-state index is 5.43. The minimum absolute atomic E-state index is 0.643. The zero-order valence-corrected chi connectivity index (χ0v) is 13.0. The molecule has 0 amide bonds. The van der Waals surface area contributed by atoms with E-state index in [9.17, 15) is 0 Å². The van der Waals surface area contributed by atoms with Crippen LogP contribution in [0.2, 0.25) is 0 Å². The van der Waals surface area contributed by atoms with E-state index in [0.29, 0.717) is 5.92 Å². The number of aryl methyl sites for hydroxylation is 1. The van der Waals surface area contributed by atoms with Crippen LogP contribution in [0.5, 0.6) is 0 Å². The summed E-state index contributed by atoms with van der Waals surface area (Å²) in [7, 11) is 1.99. The Morgan fingerprint density at radius 1 is 1.14 bits per heavy atom. The van der Waals surface area contributed by atoms with E-state index < -0.39 is 0 Å². The number of piperazine rings is 1. The fourth-order valence-corrected chi connectivity index (χ4v) is 2.95. The number of hydrogen-bond acceptors (Lipinski definition) is 6. The molecule has 2 aromatic rings. The van der Waals surface area contributed by atoms with Crippen molar-refractivity contribution in [3.63, 3.8) is 0 Å². The number of nitrogens with zero attached hydrogens (tertiary/aromatic N) is 6. The van der Waals surface area contributed by atoms with Gasteiger partial charge in [0, 0.05) is 51.8 Å². The van der Waals surface area contributed by atoms with Gasteiger partial charge in [-0.1, -0.05) is 5.16 Å². The molecule has 2 aromatic heterocycles. The first-order valence-corrected chi connectivity index (χ1v) is 8.01. The third-order valence-electron chi connectivity index (χ3n) is 4.58. The van der Waals surface area contributed by atoms with Crippen LogP contribution in [0.3, 0.4) is 0 Å². The van der Waals surface area contributed by atoms with Gasteiger partial charge in [0.2, 0.25) is 0 Å². The summed E-state index contributed by atoms with van der Waals surface area (Å²) < 4.78 is 7.42. The lowest BCUT2D eigenvalue weighted by Crippen LogP contribution is -2.45. The van der Waals surface area contributed by atoms with E-state index in [1.54, 1.807) is 6.33 Å². The van der Waals surface area contributed by atoms with E-state index in [4.69, 9.17) is 4.52 Å². The first-order valence-electron chi connectivity index (χ1n) is 8.01. The van der Waals surface area contributed by atoms with Crippen molar-refractivity contribution < 1.29 is 4.52 Å². The Morgan fingerprint density at radius 3 is 2.50 bits per heavy atom. The van der Waals surface area contributed by atoms with Crippen LogP contribution in [0.25, 0.3) is 0 Å². The highest BCUT2D eigenvalue weighted by atomic mass is 16.5. The topological polar surface area (TPSA) is 63.2 Å². The summed E-state index contributed by atoms with van der Waals surface area (Å²) in [6, 6.07) is 2.14. The Hall–Kier alpha value is -1.73. The summed E-state index contributed by atoms with van der Waals surface area (Å²) in [5, 5.41) is 12.3. The SMILES string of the molecule is Cn1cnnc1CN1CCN(Cc2cc(C3CC3)on2)CC1. The van der Waals surface area contributed by atoms with Gasteiger partial charge in [-0.15, -0.1) is 10.2 Å².